The number of allylic oxidation sites excluding steroid dienone is 3. The molecule has 2 rings (SSSR count). The summed E-state index contributed by atoms with van der Waals surface area (Å²) < 4.78 is 1.09. The van der Waals surface area contributed by atoms with Gasteiger partial charge in [-0.25, -0.2) is 4.98 Å². The third-order valence-electron chi connectivity index (χ3n) is 2.33. The molecule has 0 bridgehead atoms. The Morgan fingerprint density at radius 1 is 1.39 bits per heavy atom. The van der Waals surface area contributed by atoms with Crippen LogP contribution in [0.2, 0.25) is 0 Å². The van der Waals surface area contributed by atoms with Gasteiger partial charge in [0.2, 0.25) is 5.91 Å². The number of rotatable bonds is 3. The van der Waals surface area contributed by atoms with Crippen LogP contribution in [0.15, 0.2) is 42.5 Å². The molecule has 0 spiro atoms. The number of carbonyl (C=O) groups is 1. The molecule has 1 aromatic heterocycles. The lowest BCUT2D eigenvalue weighted by Gasteiger charge is -1.93. The molecule has 4 heteroatoms. The Morgan fingerprint density at radius 2 is 2.22 bits per heavy atom. The first-order valence-electron chi connectivity index (χ1n) is 5.66. The second-order valence-electron chi connectivity index (χ2n) is 3.86. The number of thiazole rings is 1. The summed E-state index contributed by atoms with van der Waals surface area (Å²) in [5.74, 6) is -0.163. The summed E-state index contributed by atoms with van der Waals surface area (Å²) in [6.45, 7) is 3.94. The molecule has 0 aliphatic heterocycles. The number of benzene rings is 1. The smallest absolute Gasteiger partial charge is 0.250 e. The zero-order valence-corrected chi connectivity index (χ0v) is 11.1. The molecule has 0 atom stereocenters. The average Bonchev–Trinajstić information content (AvgIpc) is 2.70. The Bertz CT molecular complexity index is 626. The standard InChI is InChI=1S/C14H14N2OS/c1-3-4-5-6-13(17)16-14-15-11-8-7-10(2)9-12(11)18-14/h3-9H,1-2H3,(H,15,16,17)/b4-3+,6-5+. The maximum absolute atomic E-state index is 11.6. The van der Waals surface area contributed by atoms with Gasteiger partial charge < -0.3 is 0 Å². The van der Waals surface area contributed by atoms with Gasteiger partial charge in [0.15, 0.2) is 5.13 Å². The number of amides is 1. The molecule has 1 N–H and O–H groups in total. The zero-order valence-electron chi connectivity index (χ0n) is 10.3. The van der Waals surface area contributed by atoms with Crippen LogP contribution in [-0.2, 0) is 4.79 Å². The van der Waals surface area contributed by atoms with Crippen molar-refractivity contribution in [1.29, 1.82) is 0 Å². The molecule has 0 saturated heterocycles. The predicted molar refractivity (Wildman–Crippen MR) is 76.9 cm³/mol. The van der Waals surface area contributed by atoms with Gasteiger partial charge in [0.1, 0.15) is 0 Å². The van der Waals surface area contributed by atoms with E-state index in [4.69, 9.17) is 0 Å². The van der Waals surface area contributed by atoms with Gasteiger partial charge in [0.25, 0.3) is 0 Å². The topological polar surface area (TPSA) is 42.0 Å². The van der Waals surface area contributed by atoms with E-state index in [0.717, 1.165) is 10.2 Å². The SMILES string of the molecule is C/C=C/C=C/C(=O)Nc1nc2ccc(C)cc2s1. The minimum Gasteiger partial charge on any atom is -0.298 e. The Morgan fingerprint density at radius 3 is 3.00 bits per heavy atom. The van der Waals surface area contributed by atoms with E-state index in [1.54, 1.807) is 12.2 Å². The van der Waals surface area contributed by atoms with Crippen LogP contribution >= 0.6 is 11.3 Å². The zero-order chi connectivity index (χ0) is 13.0. The molecule has 1 aromatic carbocycles. The maximum atomic E-state index is 11.6. The van der Waals surface area contributed by atoms with Crippen molar-refractivity contribution in [3.8, 4) is 0 Å². The maximum Gasteiger partial charge on any atom is 0.250 e. The third-order valence-corrected chi connectivity index (χ3v) is 3.26. The van der Waals surface area contributed by atoms with E-state index in [9.17, 15) is 4.79 Å². The largest absolute Gasteiger partial charge is 0.298 e. The highest BCUT2D eigenvalue weighted by Gasteiger charge is 2.05. The summed E-state index contributed by atoms with van der Waals surface area (Å²) >= 11 is 1.48. The molecule has 0 aliphatic rings. The second kappa shape index (κ2) is 5.60. The fourth-order valence-corrected chi connectivity index (χ4v) is 2.45. The van der Waals surface area contributed by atoms with Crippen molar-refractivity contribution in [2.45, 2.75) is 13.8 Å². The van der Waals surface area contributed by atoms with Gasteiger partial charge in [-0.05, 0) is 31.5 Å². The molecule has 0 radical (unpaired) electrons. The summed E-state index contributed by atoms with van der Waals surface area (Å²) in [6.07, 6.45) is 6.86. The van der Waals surface area contributed by atoms with Crippen LogP contribution in [-0.4, -0.2) is 10.9 Å². The highest BCUT2D eigenvalue weighted by atomic mass is 32.1. The molecular weight excluding hydrogens is 244 g/mol. The van der Waals surface area contributed by atoms with Gasteiger partial charge in [-0.3, -0.25) is 10.1 Å². The minimum atomic E-state index is -0.163. The fourth-order valence-electron chi connectivity index (χ4n) is 1.49. The van der Waals surface area contributed by atoms with E-state index < -0.39 is 0 Å². The summed E-state index contributed by atoms with van der Waals surface area (Å²) in [7, 11) is 0. The normalized spacial score (nSPS) is 11.7. The van der Waals surface area contributed by atoms with Crippen molar-refractivity contribution in [2.24, 2.45) is 0 Å². The predicted octanol–water partition coefficient (Wildman–Crippen LogP) is 3.68. The molecule has 0 unspecified atom stereocenters. The van der Waals surface area contributed by atoms with Gasteiger partial charge in [0, 0.05) is 6.08 Å². The minimum absolute atomic E-state index is 0.163. The van der Waals surface area contributed by atoms with Crippen molar-refractivity contribution < 1.29 is 4.79 Å². The molecule has 1 amide bonds. The monoisotopic (exact) mass is 258 g/mol. The van der Waals surface area contributed by atoms with E-state index in [-0.39, 0.29) is 5.91 Å². The summed E-state index contributed by atoms with van der Waals surface area (Å²) in [6, 6.07) is 6.05. The van der Waals surface area contributed by atoms with Crippen molar-refractivity contribution in [2.75, 3.05) is 5.32 Å². The summed E-state index contributed by atoms with van der Waals surface area (Å²) in [4.78, 5) is 15.9. The lowest BCUT2D eigenvalue weighted by Crippen LogP contribution is -2.06. The molecule has 2 aromatic rings. The quantitative estimate of drug-likeness (QED) is 0.674. The molecule has 0 aliphatic carbocycles. The number of carbonyl (C=O) groups excluding carboxylic acids is 1. The lowest BCUT2D eigenvalue weighted by atomic mass is 10.2. The van der Waals surface area contributed by atoms with E-state index in [0.29, 0.717) is 5.13 Å². The highest BCUT2D eigenvalue weighted by Crippen LogP contribution is 2.26. The summed E-state index contributed by atoms with van der Waals surface area (Å²) in [5.41, 5.74) is 2.11. The Balaban J connectivity index is 2.14. The third kappa shape index (κ3) is 3.05. The highest BCUT2D eigenvalue weighted by molar-refractivity contribution is 7.22. The lowest BCUT2D eigenvalue weighted by molar-refractivity contribution is -0.111. The fraction of sp³-hybridized carbons (Fsp3) is 0.143. The van der Waals surface area contributed by atoms with E-state index in [2.05, 4.69) is 16.4 Å². The van der Waals surface area contributed by atoms with Gasteiger partial charge >= 0.3 is 0 Å². The Hall–Kier alpha value is -1.94. The first-order valence-corrected chi connectivity index (χ1v) is 6.48. The van der Waals surface area contributed by atoms with Crippen molar-refractivity contribution >= 4 is 32.6 Å². The van der Waals surface area contributed by atoms with Crippen LogP contribution in [0, 0.1) is 6.92 Å². The van der Waals surface area contributed by atoms with Crippen LogP contribution in [0.4, 0.5) is 5.13 Å². The molecule has 0 saturated carbocycles. The number of hydrogen-bond acceptors (Lipinski definition) is 3. The van der Waals surface area contributed by atoms with Gasteiger partial charge in [-0.15, -0.1) is 0 Å². The molecule has 92 valence electrons. The van der Waals surface area contributed by atoms with Gasteiger partial charge in [-0.1, -0.05) is 35.6 Å². The number of fused-ring (bicyclic) bond motifs is 1. The van der Waals surface area contributed by atoms with Crippen LogP contribution < -0.4 is 5.32 Å². The average molecular weight is 258 g/mol. The van der Waals surface area contributed by atoms with E-state index >= 15 is 0 Å². The van der Waals surface area contributed by atoms with Crippen molar-refractivity contribution in [3.05, 3.63) is 48.1 Å². The number of aryl methyl sites for hydroxylation is 1. The van der Waals surface area contributed by atoms with Crippen molar-refractivity contribution in [1.82, 2.24) is 4.98 Å². The number of aromatic nitrogens is 1. The first kappa shape index (κ1) is 12.5. The van der Waals surface area contributed by atoms with Crippen LogP contribution in [0.25, 0.3) is 10.2 Å². The molecule has 18 heavy (non-hydrogen) atoms. The Labute approximate surface area is 110 Å². The van der Waals surface area contributed by atoms with Gasteiger partial charge in [-0.2, -0.15) is 0 Å². The first-order chi connectivity index (χ1) is 8.69. The van der Waals surface area contributed by atoms with Crippen LogP contribution in [0.5, 0.6) is 0 Å². The van der Waals surface area contributed by atoms with Gasteiger partial charge in [0.05, 0.1) is 10.2 Å². The number of hydrogen-bond donors (Lipinski definition) is 1. The molecule has 1 heterocycles. The molecule has 0 fully saturated rings. The number of nitrogens with one attached hydrogen (secondary N) is 1. The van der Waals surface area contributed by atoms with Crippen molar-refractivity contribution in [3.63, 3.8) is 0 Å². The van der Waals surface area contributed by atoms with E-state index in [1.165, 1.54) is 23.0 Å². The molecular formula is C14H14N2OS. The number of anilines is 1. The van der Waals surface area contributed by atoms with E-state index in [1.807, 2.05) is 32.1 Å². The van der Waals surface area contributed by atoms with Crippen LogP contribution in [0.1, 0.15) is 12.5 Å². The summed E-state index contributed by atoms with van der Waals surface area (Å²) in [5, 5.41) is 3.39. The Kier molecular flexibility index (Phi) is 3.89. The molecule has 3 nitrogen and oxygen atoms in total. The van der Waals surface area contributed by atoms with Crippen LogP contribution in [0.3, 0.4) is 0 Å². The number of nitrogens with zero attached hydrogens (tertiary/aromatic N) is 1. The second-order valence-corrected chi connectivity index (χ2v) is 4.89.